The van der Waals surface area contributed by atoms with Crippen LogP contribution >= 0.6 is 15.9 Å². The van der Waals surface area contributed by atoms with Gasteiger partial charge < -0.3 is 4.74 Å². The highest BCUT2D eigenvalue weighted by molar-refractivity contribution is 9.10. The van der Waals surface area contributed by atoms with Crippen molar-refractivity contribution in [2.75, 3.05) is 0 Å². The van der Waals surface area contributed by atoms with E-state index >= 15 is 0 Å². The molecule has 0 aliphatic rings. The van der Waals surface area contributed by atoms with Crippen LogP contribution in [0, 0.1) is 17.0 Å². The molecule has 3 aromatic rings. The minimum Gasteiger partial charge on any atom is -0.456 e. The summed E-state index contributed by atoms with van der Waals surface area (Å²) in [6, 6.07) is 8.73. The van der Waals surface area contributed by atoms with E-state index in [4.69, 9.17) is 4.74 Å². The predicted molar refractivity (Wildman–Crippen MR) is 96.1 cm³/mol. The second-order valence-electron chi connectivity index (χ2n) is 5.52. The van der Waals surface area contributed by atoms with Gasteiger partial charge in [0.1, 0.15) is 12.3 Å². The lowest BCUT2D eigenvalue weighted by Gasteiger charge is -2.07. The first-order valence-electron chi connectivity index (χ1n) is 7.45. The third kappa shape index (κ3) is 3.62. The number of nitrogens with zero attached hydrogens (tertiary/aromatic N) is 3. The SMILES string of the molecule is Cc1ccc2nc(COC(=O)c3ccc(Br)c([N+](=O)[O-])c3)cc(=O)n2c1. The molecular formula is C17H12BrN3O5. The molecule has 0 bridgehead atoms. The Morgan fingerprint density at radius 3 is 2.81 bits per heavy atom. The summed E-state index contributed by atoms with van der Waals surface area (Å²) in [6.45, 7) is 1.64. The Bertz CT molecular complexity index is 1090. The van der Waals surface area contributed by atoms with Crippen LogP contribution in [0.25, 0.3) is 5.65 Å². The number of aromatic nitrogens is 2. The summed E-state index contributed by atoms with van der Waals surface area (Å²) in [4.78, 5) is 38.9. The molecule has 2 aromatic heterocycles. The molecule has 0 radical (unpaired) electrons. The molecule has 132 valence electrons. The van der Waals surface area contributed by atoms with Gasteiger partial charge in [-0.2, -0.15) is 0 Å². The van der Waals surface area contributed by atoms with Crippen molar-refractivity contribution < 1.29 is 14.5 Å². The molecule has 26 heavy (non-hydrogen) atoms. The molecule has 0 saturated carbocycles. The van der Waals surface area contributed by atoms with Crippen molar-refractivity contribution in [1.82, 2.24) is 9.38 Å². The Hall–Kier alpha value is -3.07. The minimum absolute atomic E-state index is 0.0352. The zero-order valence-electron chi connectivity index (χ0n) is 13.5. The summed E-state index contributed by atoms with van der Waals surface area (Å²) in [6.07, 6.45) is 1.67. The van der Waals surface area contributed by atoms with Gasteiger partial charge in [0, 0.05) is 18.3 Å². The summed E-state index contributed by atoms with van der Waals surface area (Å²) in [5, 5.41) is 10.9. The van der Waals surface area contributed by atoms with Gasteiger partial charge in [-0.3, -0.25) is 19.3 Å². The number of hydrogen-bond donors (Lipinski definition) is 0. The standard InChI is InChI=1S/C17H12BrN3O5/c1-10-2-5-15-19-12(7-16(22)20(15)8-10)9-26-17(23)11-3-4-13(18)14(6-11)21(24)25/h2-8H,9H2,1H3. The summed E-state index contributed by atoms with van der Waals surface area (Å²) in [5.74, 6) is -0.744. The number of carbonyl (C=O) groups is 1. The number of ether oxygens (including phenoxy) is 1. The molecule has 9 heteroatoms. The number of pyridine rings is 1. The molecule has 0 aliphatic carbocycles. The first-order valence-corrected chi connectivity index (χ1v) is 8.24. The Morgan fingerprint density at radius 1 is 1.31 bits per heavy atom. The van der Waals surface area contributed by atoms with Gasteiger partial charge in [0.15, 0.2) is 0 Å². The molecule has 0 aliphatic heterocycles. The van der Waals surface area contributed by atoms with Gasteiger partial charge in [-0.1, -0.05) is 6.07 Å². The highest BCUT2D eigenvalue weighted by atomic mass is 79.9. The molecule has 0 N–H and O–H groups in total. The van der Waals surface area contributed by atoms with Crippen molar-refractivity contribution in [2.24, 2.45) is 0 Å². The number of nitro benzene ring substituents is 1. The number of aryl methyl sites for hydroxylation is 1. The molecule has 3 rings (SSSR count). The number of benzene rings is 1. The van der Waals surface area contributed by atoms with Crippen molar-refractivity contribution in [3.05, 3.63) is 84.4 Å². The molecule has 0 amide bonds. The monoisotopic (exact) mass is 417 g/mol. The van der Waals surface area contributed by atoms with E-state index in [9.17, 15) is 19.7 Å². The van der Waals surface area contributed by atoms with E-state index in [1.807, 2.05) is 13.0 Å². The molecule has 0 saturated heterocycles. The maximum absolute atomic E-state index is 12.1. The first kappa shape index (κ1) is 17.7. The van der Waals surface area contributed by atoms with Crippen LogP contribution in [0.5, 0.6) is 0 Å². The minimum atomic E-state index is -0.744. The number of halogens is 1. The lowest BCUT2D eigenvalue weighted by molar-refractivity contribution is -0.385. The van der Waals surface area contributed by atoms with Gasteiger partial charge in [-0.05, 0) is 46.6 Å². The van der Waals surface area contributed by atoms with Crippen LogP contribution in [0.1, 0.15) is 21.6 Å². The number of rotatable bonds is 4. The van der Waals surface area contributed by atoms with Gasteiger partial charge >= 0.3 is 5.97 Å². The maximum Gasteiger partial charge on any atom is 0.338 e. The van der Waals surface area contributed by atoms with Crippen molar-refractivity contribution >= 4 is 33.2 Å². The second kappa shape index (κ2) is 7.04. The number of esters is 1. The zero-order valence-corrected chi connectivity index (χ0v) is 15.1. The number of carbonyl (C=O) groups excluding carboxylic acids is 1. The van der Waals surface area contributed by atoms with Crippen LogP contribution in [-0.2, 0) is 11.3 Å². The van der Waals surface area contributed by atoms with Gasteiger partial charge in [-0.15, -0.1) is 0 Å². The Morgan fingerprint density at radius 2 is 2.08 bits per heavy atom. The van der Waals surface area contributed by atoms with Crippen molar-refractivity contribution in [2.45, 2.75) is 13.5 Å². The topological polar surface area (TPSA) is 104 Å². The van der Waals surface area contributed by atoms with Crippen molar-refractivity contribution in [3.8, 4) is 0 Å². The second-order valence-corrected chi connectivity index (χ2v) is 6.37. The van der Waals surface area contributed by atoms with Gasteiger partial charge in [0.05, 0.1) is 20.7 Å². The summed E-state index contributed by atoms with van der Waals surface area (Å²) < 4.78 is 6.79. The fourth-order valence-corrected chi connectivity index (χ4v) is 2.73. The third-order valence-corrected chi connectivity index (χ3v) is 4.26. The summed E-state index contributed by atoms with van der Waals surface area (Å²) in [7, 11) is 0. The number of nitro groups is 1. The normalized spacial score (nSPS) is 10.7. The summed E-state index contributed by atoms with van der Waals surface area (Å²) in [5.41, 5.74) is 1.15. The highest BCUT2D eigenvalue weighted by Gasteiger charge is 2.17. The van der Waals surface area contributed by atoms with Gasteiger partial charge in [-0.25, -0.2) is 9.78 Å². The van der Waals surface area contributed by atoms with E-state index in [0.29, 0.717) is 11.3 Å². The van der Waals surface area contributed by atoms with Crippen LogP contribution in [0.4, 0.5) is 5.69 Å². The largest absolute Gasteiger partial charge is 0.456 e. The van der Waals surface area contributed by atoms with Crippen molar-refractivity contribution in [3.63, 3.8) is 0 Å². The smallest absolute Gasteiger partial charge is 0.338 e. The van der Waals surface area contributed by atoms with Gasteiger partial charge in [0.2, 0.25) is 0 Å². The third-order valence-electron chi connectivity index (χ3n) is 3.59. The van der Waals surface area contributed by atoms with Gasteiger partial charge in [0.25, 0.3) is 11.2 Å². The fourth-order valence-electron chi connectivity index (χ4n) is 2.33. The predicted octanol–water partition coefficient (Wildman–Crippen LogP) is 3.03. The van der Waals surface area contributed by atoms with E-state index < -0.39 is 10.9 Å². The van der Waals surface area contributed by atoms with E-state index in [-0.39, 0.29) is 27.9 Å². The average Bonchev–Trinajstić information content (AvgIpc) is 2.60. The number of fused-ring (bicyclic) bond motifs is 1. The molecule has 8 nitrogen and oxygen atoms in total. The quantitative estimate of drug-likeness (QED) is 0.367. The Balaban J connectivity index is 1.81. The molecule has 1 aromatic carbocycles. The Labute approximate surface area is 155 Å². The maximum atomic E-state index is 12.1. The molecular weight excluding hydrogens is 406 g/mol. The summed E-state index contributed by atoms with van der Waals surface area (Å²) >= 11 is 3.05. The van der Waals surface area contributed by atoms with Crippen LogP contribution in [0.2, 0.25) is 0 Å². The zero-order chi connectivity index (χ0) is 18.8. The Kier molecular flexibility index (Phi) is 4.81. The first-order chi connectivity index (χ1) is 12.3. The fraction of sp³-hybridized carbons (Fsp3) is 0.118. The average molecular weight is 418 g/mol. The van der Waals surface area contributed by atoms with Crippen molar-refractivity contribution in [1.29, 1.82) is 0 Å². The van der Waals surface area contributed by atoms with E-state index in [0.717, 1.165) is 11.6 Å². The molecule has 0 atom stereocenters. The molecule has 0 spiro atoms. The van der Waals surface area contributed by atoms with E-state index in [1.165, 1.54) is 22.6 Å². The molecule has 0 fully saturated rings. The highest BCUT2D eigenvalue weighted by Crippen LogP contribution is 2.26. The van der Waals surface area contributed by atoms with Crippen LogP contribution < -0.4 is 5.56 Å². The lowest BCUT2D eigenvalue weighted by atomic mass is 10.2. The van der Waals surface area contributed by atoms with E-state index in [2.05, 4.69) is 20.9 Å². The van der Waals surface area contributed by atoms with E-state index in [1.54, 1.807) is 12.3 Å². The lowest BCUT2D eigenvalue weighted by Crippen LogP contribution is -2.17. The number of hydrogen-bond acceptors (Lipinski definition) is 6. The van der Waals surface area contributed by atoms with Crippen LogP contribution in [-0.4, -0.2) is 20.3 Å². The van der Waals surface area contributed by atoms with Crippen LogP contribution in [0.3, 0.4) is 0 Å². The molecule has 2 heterocycles. The van der Waals surface area contributed by atoms with Crippen LogP contribution in [0.15, 0.2) is 51.9 Å². The molecule has 0 unspecified atom stereocenters.